The summed E-state index contributed by atoms with van der Waals surface area (Å²) in [4.78, 5) is 38.5. The molecule has 3 N–H and O–H groups in total. The van der Waals surface area contributed by atoms with E-state index in [1.165, 1.54) is 0 Å². The Kier molecular flexibility index (Phi) is 6.85. The number of hydrogen-bond acceptors (Lipinski definition) is 4. The summed E-state index contributed by atoms with van der Waals surface area (Å²) in [5.41, 5.74) is 1.13. The van der Waals surface area contributed by atoms with E-state index in [1.807, 2.05) is 43.0 Å². The van der Waals surface area contributed by atoms with Gasteiger partial charge >= 0.3 is 0 Å². The van der Waals surface area contributed by atoms with Gasteiger partial charge < -0.3 is 15.5 Å². The van der Waals surface area contributed by atoms with Crippen LogP contribution in [0.3, 0.4) is 0 Å². The van der Waals surface area contributed by atoms with Crippen molar-refractivity contribution in [2.24, 2.45) is 5.92 Å². The number of aromatic amines is 1. The second-order valence-electron chi connectivity index (χ2n) is 7.94. The summed E-state index contributed by atoms with van der Waals surface area (Å²) in [6.07, 6.45) is 2.31. The van der Waals surface area contributed by atoms with E-state index in [4.69, 9.17) is 0 Å². The molecule has 3 rings (SSSR count). The van der Waals surface area contributed by atoms with Crippen molar-refractivity contribution in [3.05, 3.63) is 30.0 Å². The lowest BCUT2D eigenvalue weighted by atomic mass is 10.0. The minimum atomic E-state index is -0.299. The Morgan fingerprint density at radius 1 is 1.21 bits per heavy atom. The first-order chi connectivity index (χ1) is 13.9. The number of likely N-dealkylation sites (tertiary alicyclic amines) is 1. The summed E-state index contributed by atoms with van der Waals surface area (Å²) in [7, 11) is 0. The standard InChI is InChI=1S/C21H29N5O3/c1-14(2)13-19(28)26-11-8-15(9-12-26)23-18(27)7-10-22-21(29)20-16-5-3-4-6-17(16)24-25-20/h3-6,14-15H,7-13H2,1-2H3,(H,22,29)(H,23,27)(H,24,25). The zero-order valence-electron chi connectivity index (χ0n) is 17.0. The van der Waals surface area contributed by atoms with E-state index in [9.17, 15) is 14.4 Å². The first-order valence-electron chi connectivity index (χ1n) is 10.2. The summed E-state index contributed by atoms with van der Waals surface area (Å²) >= 11 is 0. The van der Waals surface area contributed by atoms with Crippen LogP contribution < -0.4 is 10.6 Å². The summed E-state index contributed by atoms with van der Waals surface area (Å²) in [6, 6.07) is 7.49. The van der Waals surface area contributed by atoms with E-state index in [-0.39, 0.29) is 36.7 Å². The van der Waals surface area contributed by atoms with Gasteiger partial charge in [0.15, 0.2) is 5.69 Å². The molecule has 2 heterocycles. The van der Waals surface area contributed by atoms with Crippen LogP contribution in [0.5, 0.6) is 0 Å². The molecule has 0 saturated carbocycles. The monoisotopic (exact) mass is 399 g/mol. The molecule has 1 aliphatic heterocycles. The molecule has 1 aromatic heterocycles. The molecular weight excluding hydrogens is 370 g/mol. The van der Waals surface area contributed by atoms with Crippen molar-refractivity contribution in [3.8, 4) is 0 Å². The maximum atomic E-state index is 12.3. The number of hydrogen-bond donors (Lipinski definition) is 3. The second-order valence-corrected chi connectivity index (χ2v) is 7.94. The van der Waals surface area contributed by atoms with Crippen molar-refractivity contribution in [1.82, 2.24) is 25.7 Å². The average molecular weight is 399 g/mol. The number of carbonyl (C=O) groups is 3. The number of piperidine rings is 1. The minimum Gasteiger partial charge on any atom is -0.353 e. The lowest BCUT2D eigenvalue weighted by molar-refractivity contribution is -0.133. The molecule has 1 saturated heterocycles. The number of nitrogens with zero attached hydrogens (tertiary/aromatic N) is 2. The number of H-pyrrole nitrogens is 1. The number of benzene rings is 1. The van der Waals surface area contributed by atoms with Crippen LogP contribution in [0.4, 0.5) is 0 Å². The largest absolute Gasteiger partial charge is 0.353 e. The van der Waals surface area contributed by atoms with Crippen LogP contribution in [0.25, 0.3) is 10.9 Å². The van der Waals surface area contributed by atoms with Gasteiger partial charge in [0.25, 0.3) is 5.91 Å². The van der Waals surface area contributed by atoms with E-state index in [1.54, 1.807) is 0 Å². The average Bonchev–Trinajstić information content (AvgIpc) is 3.12. The quantitative estimate of drug-likeness (QED) is 0.660. The van der Waals surface area contributed by atoms with Crippen LogP contribution in [0.1, 0.15) is 50.0 Å². The van der Waals surface area contributed by atoms with Gasteiger partial charge in [-0.1, -0.05) is 32.0 Å². The molecule has 8 nitrogen and oxygen atoms in total. The maximum Gasteiger partial charge on any atom is 0.272 e. The molecule has 3 amide bonds. The van der Waals surface area contributed by atoms with Crippen molar-refractivity contribution < 1.29 is 14.4 Å². The molecule has 0 atom stereocenters. The predicted octanol–water partition coefficient (Wildman–Crippen LogP) is 1.84. The van der Waals surface area contributed by atoms with Crippen LogP contribution in [0.2, 0.25) is 0 Å². The van der Waals surface area contributed by atoms with Gasteiger partial charge in [0, 0.05) is 43.9 Å². The SMILES string of the molecule is CC(C)CC(=O)N1CCC(NC(=O)CCNC(=O)c2n[nH]c3ccccc23)CC1. The van der Waals surface area contributed by atoms with Crippen molar-refractivity contribution in [1.29, 1.82) is 0 Å². The van der Waals surface area contributed by atoms with Gasteiger partial charge in [0.2, 0.25) is 11.8 Å². The molecule has 0 spiro atoms. The third-order valence-corrected chi connectivity index (χ3v) is 5.12. The Hall–Kier alpha value is -2.90. The highest BCUT2D eigenvalue weighted by Crippen LogP contribution is 2.15. The Labute approximate surface area is 170 Å². The van der Waals surface area contributed by atoms with E-state index < -0.39 is 0 Å². The number of para-hydroxylation sites is 1. The number of carbonyl (C=O) groups excluding carboxylic acids is 3. The van der Waals surface area contributed by atoms with Gasteiger partial charge in [-0.05, 0) is 24.8 Å². The van der Waals surface area contributed by atoms with E-state index in [0.29, 0.717) is 31.1 Å². The van der Waals surface area contributed by atoms with E-state index in [0.717, 1.165) is 23.7 Å². The fourth-order valence-corrected chi connectivity index (χ4v) is 3.56. The highest BCUT2D eigenvalue weighted by Gasteiger charge is 2.24. The number of nitrogens with one attached hydrogen (secondary N) is 3. The maximum absolute atomic E-state index is 12.3. The van der Waals surface area contributed by atoms with Crippen molar-refractivity contribution in [3.63, 3.8) is 0 Å². The number of amides is 3. The molecule has 0 aliphatic carbocycles. The Morgan fingerprint density at radius 2 is 1.93 bits per heavy atom. The lowest BCUT2D eigenvalue weighted by Crippen LogP contribution is -2.47. The highest BCUT2D eigenvalue weighted by molar-refractivity contribution is 6.04. The van der Waals surface area contributed by atoms with Gasteiger partial charge in [-0.25, -0.2) is 0 Å². The smallest absolute Gasteiger partial charge is 0.272 e. The fraction of sp³-hybridized carbons (Fsp3) is 0.524. The fourth-order valence-electron chi connectivity index (χ4n) is 3.56. The molecule has 0 unspecified atom stereocenters. The molecular formula is C21H29N5O3. The first kappa shape index (κ1) is 20.8. The third-order valence-electron chi connectivity index (χ3n) is 5.12. The predicted molar refractivity (Wildman–Crippen MR) is 110 cm³/mol. The minimum absolute atomic E-state index is 0.0802. The van der Waals surface area contributed by atoms with Crippen LogP contribution in [0, 0.1) is 5.92 Å². The zero-order chi connectivity index (χ0) is 20.8. The Morgan fingerprint density at radius 3 is 2.66 bits per heavy atom. The first-order valence-corrected chi connectivity index (χ1v) is 10.2. The summed E-state index contributed by atoms with van der Waals surface area (Å²) < 4.78 is 0. The van der Waals surface area contributed by atoms with Crippen LogP contribution in [0.15, 0.2) is 24.3 Å². The Balaban J connectivity index is 1.37. The van der Waals surface area contributed by atoms with Crippen molar-refractivity contribution >= 4 is 28.6 Å². The van der Waals surface area contributed by atoms with Crippen molar-refractivity contribution in [2.75, 3.05) is 19.6 Å². The molecule has 156 valence electrons. The molecule has 0 bridgehead atoms. The number of fused-ring (bicyclic) bond motifs is 1. The topological polar surface area (TPSA) is 107 Å². The van der Waals surface area contributed by atoms with Gasteiger partial charge in [0.05, 0.1) is 5.52 Å². The van der Waals surface area contributed by atoms with Crippen LogP contribution in [-0.4, -0.2) is 58.5 Å². The van der Waals surface area contributed by atoms with Gasteiger partial charge in [-0.3, -0.25) is 19.5 Å². The normalized spacial score (nSPS) is 14.9. The summed E-state index contributed by atoms with van der Waals surface area (Å²) in [5, 5.41) is 13.4. The van der Waals surface area contributed by atoms with Gasteiger partial charge in [-0.15, -0.1) is 0 Å². The van der Waals surface area contributed by atoms with Crippen LogP contribution >= 0.6 is 0 Å². The zero-order valence-corrected chi connectivity index (χ0v) is 17.0. The molecule has 2 aromatic rings. The summed E-state index contributed by atoms with van der Waals surface area (Å²) in [6.45, 7) is 5.69. The van der Waals surface area contributed by atoms with E-state index >= 15 is 0 Å². The molecule has 0 radical (unpaired) electrons. The number of rotatable bonds is 7. The van der Waals surface area contributed by atoms with Crippen molar-refractivity contribution in [2.45, 2.75) is 45.6 Å². The number of aromatic nitrogens is 2. The van der Waals surface area contributed by atoms with Crippen LogP contribution in [-0.2, 0) is 9.59 Å². The second kappa shape index (κ2) is 9.54. The molecule has 1 aromatic carbocycles. The third kappa shape index (κ3) is 5.56. The molecule has 29 heavy (non-hydrogen) atoms. The van der Waals surface area contributed by atoms with E-state index in [2.05, 4.69) is 20.8 Å². The molecule has 1 fully saturated rings. The van der Waals surface area contributed by atoms with Gasteiger partial charge in [0.1, 0.15) is 0 Å². The molecule has 8 heteroatoms. The lowest BCUT2D eigenvalue weighted by Gasteiger charge is -2.32. The van der Waals surface area contributed by atoms with Gasteiger partial charge in [-0.2, -0.15) is 5.10 Å². The Bertz CT molecular complexity index is 868. The molecule has 1 aliphatic rings. The summed E-state index contributed by atoms with van der Waals surface area (Å²) in [5.74, 6) is 0.157. The highest BCUT2D eigenvalue weighted by atomic mass is 16.2.